The predicted molar refractivity (Wildman–Crippen MR) is 123 cm³/mol. The van der Waals surface area contributed by atoms with E-state index in [1.54, 1.807) is 31.2 Å². The highest BCUT2D eigenvalue weighted by atomic mass is 32.2. The quantitative estimate of drug-likeness (QED) is 0.502. The van der Waals surface area contributed by atoms with Crippen molar-refractivity contribution in [1.29, 1.82) is 0 Å². The van der Waals surface area contributed by atoms with Crippen molar-refractivity contribution in [1.82, 2.24) is 24.9 Å². The maximum atomic E-state index is 12.9. The third kappa shape index (κ3) is 4.55. The second-order valence-electron chi connectivity index (χ2n) is 7.47. The molecule has 2 N–H and O–H groups in total. The number of hydrogen-bond donors (Lipinski definition) is 2. The second kappa shape index (κ2) is 9.71. The molecule has 178 valence electrons. The Kier molecular flexibility index (Phi) is 6.72. The van der Waals surface area contributed by atoms with Crippen LogP contribution in [0.3, 0.4) is 0 Å². The van der Waals surface area contributed by atoms with E-state index in [1.165, 1.54) is 33.3 Å². The topological polar surface area (TPSA) is 140 Å². The standard InChI is InChI=1S/C22H23N5O6S/c1-2-27-22(30)18-9-4-3-8-17(18)19(25-27)21(29)24-23-20(28)15-6-5-7-16(14-15)34(31,32)26-10-12-33-13-11-26/h3-9,14H,2,10-13H2,1H3,(H,23,28)(H,24,29). The van der Waals surface area contributed by atoms with Crippen molar-refractivity contribution >= 4 is 32.6 Å². The van der Waals surface area contributed by atoms with Crippen LogP contribution in [0.15, 0.2) is 58.2 Å². The number of hydrogen-bond acceptors (Lipinski definition) is 7. The van der Waals surface area contributed by atoms with Crippen LogP contribution in [0.25, 0.3) is 10.8 Å². The van der Waals surface area contributed by atoms with Crippen molar-refractivity contribution in [2.75, 3.05) is 26.3 Å². The zero-order chi connectivity index (χ0) is 24.3. The fourth-order valence-electron chi connectivity index (χ4n) is 3.60. The van der Waals surface area contributed by atoms with Gasteiger partial charge in [-0.15, -0.1) is 0 Å². The molecular formula is C22H23N5O6S. The van der Waals surface area contributed by atoms with Crippen LogP contribution in [0, 0.1) is 0 Å². The van der Waals surface area contributed by atoms with Gasteiger partial charge in [0.05, 0.1) is 23.5 Å². The number of morpholine rings is 1. The van der Waals surface area contributed by atoms with Crippen LogP contribution < -0.4 is 16.4 Å². The number of benzene rings is 2. The highest BCUT2D eigenvalue weighted by molar-refractivity contribution is 7.89. The zero-order valence-corrected chi connectivity index (χ0v) is 19.2. The van der Waals surface area contributed by atoms with Crippen molar-refractivity contribution in [3.05, 3.63) is 70.1 Å². The predicted octanol–water partition coefficient (Wildman–Crippen LogP) is 0.512. The summed E-state index contributed by atoms with van der Waals surface area (Å²) < 4.78 is 33.4. The summed E-state index contributed by atoms with van der Waals surface area (Å²) in [6.07, 6.45) is 0. The Labute approximate surface area is 195 Å². The third-order valence-electron chi connectivity index (χ3n) is 5.38. The van der Waals surface area contributed by atoms with Crippen LogP contribution >= 0.6 is 0 Å². The molecule has 2 aromatic carbocycles. The maximum Gasteiger partial charge on any atom is 0.290 e. The summed E-state index contributed by atoms with van der Waals surface area (Å²) in [7, 11) is -3.78. The number of sulfonamides is 1. The average molecular weight is 486 g/mol. The molecule has 4 rings (SSSR count). The van der Waals surface area contributed by atoms with E-state index in [2.05, 4.69) is 16.0 Å². The van der Waals surface area contributed by atoms with E-state index in [4.69, 9.17) is 4.74 Å². The molecule has 1 fully saturated rings. The minimum absolute atomic E-state index is 0.0269. The number of fused-ring (bicyclic) bond motifs is 1. The molecule has 0 unspecified atom stereocenters. The van der Waals surface area contributed by atoms with Crippen molar-refractivity contribution in [3.63, 3.8) is 0 Å². The maximum absolute atomic E-state index is 12.9. The molecule has 0 atom stereocenters. The third-order valence-corrected chi connectivity index (χ3v) is 7.27. The molecule has 3 aromatic rings. The molecule has 2 heterocycles. The molecule has 34 heavy (non-hydrogen) atoms. The summed E-state index contributed by atoms with van der Waals surface area (Å²) >= 11 is 0. The lowest BCUT2D eigenvalue weighted by Gasteiger charge is -2.26. The molecule has 1 aliphatic heterocycles. The molecule has 11 nitrogen and oxygen atoms in total. The summed E-state index contributed by atoms with van der Waals surface area (Å²) in [6.45, 7) is 3.07. The highest BCUT2D eigenvalue weighted by Crippen LogP contribution is 2.18. The molecule has 0 saturated carbocycles. The van der Waals surface area contributed by atoms with Gasteiger partial charge in [0.2, 0.25) is 10.0 Å². The molecule has 2 amide bonds. The van der Waals surface area contributed by atoms with E-state index >= 15 is 0 Å². The molecule has 1 aliphatic rings. The Bertz CT molecular complexity index is 1410. The average Bonchev–Trinajstić information content (AvgIpc) is 2.88. The van der Waals surface area contributed by atoms with Gasteiger partial charge in [0, 0.05) is 30.6 Å². The van der Waals surface area contributed by atoms with E-state index in [0.29, 0.717) is 24.0 Å². The summed E-state index contributed by atoms with van der Waals surface area (Å²) in [5, 5.41) is 4.79. The molecule has 1 saturated heterocycles. The van der Waals surface area contributed by atoms with E-state index < -0.39 is 21.8 Å². The van der Waals surface area contributed by atoms with Crippen LogP contribution in [-0.2, 0) is 21.3 Å². The molecule has 1 aromatic heterocycles. The largest absolute Gasteiger partial charge is 0.379 e. The molecule has 12 heteroatoms. The van der Waals surface area contributed by atoms with Gasteiger partial charge in [-0.25, -0.2) is 13.1 Å². The minimum Gasteiger partial charge on any atom is -0.379 e. The van der Waals surface area contributed by atoms with Crippen LogP contribution in [0.2, 0.25) is 0 Å². The van der Waals surface area contributed by atoms with Gasteiger partial charge in [0.25, 0.3) is 17.4 Å². The first-order chi connectivity index (χ1) is 16.3. The van der Waals surface area contributed by atoms with E-state index in [1.807, 2.05) is 0 Å². The lowest BCUT2D eigenvalue weighted by atomic mass is 10.1. The minimum atomic E-state index is -3.78. The summed E-state index contributed by atoms with van der Waals surface area (Å²) in [4.78, 5) is 37.9. The van der Waals surface area contributed by atoms with Gasteiger partial charge in [-0.1, -0.05) is 24.3 Å². The van der Waals surface area contributed by atoms with Crippen LogP contribution in [0.1, 0.15) is 27.8 Å². The van der Waals surface area contributed by atoms with Gasteiger partial charge >= 0.3 is 0 Å². The monoisotopic (exact) mass is 485 g/mol. The Morgan fingerprint density at radius 2 is 1.68 bits per heavy atom. The summed E-state index contributed by atoms with van der Waals surface area (Å²) in [5.74, 6) is -1.43. The van der Waals surface area contributed by atoms with Gasteiger partial charge in [-0.3, -0.25) is 25.2 Å². The normalized spacial score (nSPS) is 14.6. The molecular weight excluding hydrogens is 462 g/mol. The number of nitrogens with zero attached hydrogens (tertiary/aromatic N) is 3. The SMILES string of the molecule is CCn1nc(C(=O)NNC(=O)c2cccc(S(=O)(=O)N3CCOCC3)c2)c2ccccc2c1=O. The fraction of sp³-hybridized carbons (Fsp3) is 0.273. The number of carbonyl (C=O) groups is 2. The lowest BCUT2D eigenvalue weighted by molar-refractivity contribution is 0.0730. The number of carbonyl (C=O) groups excluding carboxylic acids is 2. The second-order valence-corrected chi connectivity index (χ2v) is 9.41. The molecule has 0 bridgehead atoms. The summed E-state index contributed by atoms with van der Waals surface area (Å²) in [6, 6.07) is 12.1. The number of rotatable bonds is 5. The first kappa shape index (κ1) is 23.5. The number of ether oxygens (including phenoxy) is 1. The van der Waals surface area contributed by atoms with Crippen LogP contribution in [-0.4, -0.2) is 60.6 Å². The number of nitrogens with one attached hydrogen (secondary N) is 2. The zero-order valence-electron chi connectivity index (χ0n) is 18.4. The molecule has 0 radical (unpaired) electrons. The Morgan fingerprint density at radius 1 is 1.00 bits per heavy atom. The lowest BCUT2D eigenvalue weighted by Crippen LogP contribution is -2.43. The van der Waals surface area contributed by atoms with Gasteiger partial charge in [0.15, 0.2) is 5.69 Å². The highest BCUT2D eigenvalue weighted by Gasteiger charge is 2.27. The van der Waals surface area contributed by atoms with Crippen molar-refractivity contribution in [3.8, 4) is 0 Å². The van der Waals surface area contributed by atoms with Gasteiger partial charge in [-0.05, 0) is 31.2 Å². The van der Waals surface area contributed by atoms with E-state index in [9.17, 15) is 22.8 Å². The number of hydrazine groups is 1. The Morgan fingerprint density at radius 3 is 2.38 bits per heavy atom. The van der Waals surface area contributed by atoms with E-state index in [0.717, 1.165) is 0 Å². The smallest absolute Gasteiger partial charge is 0.290 e. The first-order valence-corrected chi connectivity index (χ1v) is 12.1. The summed E-state index contributed by atoms with van der Waals surface area (Å²) in [5.41, 5.74) is 4.26. The Hall–Kier alpha value is -3.61. The fourth-order valence-corrected chi connectivity index (χ4v) is 5.05. The van der Waals surface area contributed by atoms with Gasteiger partial charge in [0.1, 0.15) is 0 Å². The van der Waals surface area contributed by atoms with Gasteiger partial charge < -0.3 is 4.74 Å². The van der Waals surface area contributed by atoms with Gasteiger partial charge in [-0.2, -0.15) is 9.40 Å². The van der Waals surface area contributed by atoms with Crippen LogP contribution in [0.5, 0.6) is 0 Å². The van der Waals surface area contributed by atoms with Crippen molar-refractivity contribution < 1.29 is 22.7 Å². The van der Waals surface area contributed by atoms with Crippen molar-refractivity contribution in [2.24, 2.45) is 0 Å². The molecule has 0 spiro atoms. The van der Waals surface area contributed by atoms with Crippen LogP contribution in [0.4, 0.5) is 0 Å². The first-order valence-electron chi connectivity index (χ1n) is 10.6. The molecule has 0 aliphatic carbocycles. The Balaban J connectivity index is 1.53. The number of aromatic nitrogens is 2. The number of amides is 2. The van der Waals surface area contributed by atoms with Crippen molar-refractivity contribution in [2.45, 2.75) is 18.4 Å². The number of aryl methyl sites for hydroxylation is 1. The van der Waals surface area contributed by atoms with E-state index in [-0.39, 0.29) is 41.3 Å².